The Balaban J connectivity index is 2.09. The van der Waals surface area contributed by atoms with E-state index in [0.717, 1.165) is 15.8 Å². The quantitative estimate of drug-likeness (QED) is 0.646. The Morgan fingerprint density at radius 2 is 2.14 bits per heavy atom. The number of anilines is 1. The summed E-state index contributed by atoms with van der Waals surface area (Å²) < 4.78 is 10.8. The second-order valence-corrected chi connectivity index (χ2v) is 6.30. The summed E-state index contributed by atoms with van der Waals surface area (Å²) in [5.74, 6) is -0.318. The molecule has 1 heterocycles. The van der Waals surface area contributed by atoms with Crippen LogP contribution in [0.5, 0.6) is 0 Å². The zero-order valence-electron chi connectivity index (χ0n) is 12.6. The summed E-state index contributed by atoms with van der Waals surface area (Å²) in [7, 11) is 3.03. The maximum absolute atomic E-state index is 11.6. The summed E-state index contributed by atoms with van der Waals surface area (Å²) in [5.41, 5.74) is 0.865. The predicted molar refractivity (Wildman–Crippen MR) is 93.9 cm³/mol. The molecular weight excluding hydrogens is 320 g/mol. The highest BCUT2D eigenvalue weighted by Crippen LogP contribution is 2.28. The molecule has 0 bridgehead atoms. The maximum Gasteiger partial charge on any atom is 0.348 e. The van der Waals surface area contributed by atoms with E-state index in [1.54, 1.807) is 7.11 Å². The molecule has 2 N–H and O–H groups in total. The Kier molecular flexibility index (Phi) is 5.70. The molecule has 0 aliphatic rings. The fraction of sp³-hybridized carbons (Fsp3) is 0.333. The lowest BCUT2D eigenvalue weighted by Gasteiger charge is -2.16. The molecule has 5 nitrogen and oxygen atoms in total. The van der Waals surface area contributed by atoms with E-state index in [-0.39, 0.29) is 12.0 Å². The van der Waals surface area contributed by atoms with E-state index in [9.17, 15) is 4.79 Å². The van der Waals surface area contributed by atoms with Gasteiger partial charge in [-0.3, -0.25) is 0 Å². The summed E-state index contributed by atoms with van der Waals surface area (Å²) in [5, 5.41) is 7.77. The van der Waals surface area contributed by atoms with Crippen molar-refractivity contribution < 1.29 is 14.3 Å². The van der Waals surface area contributed by atoms with Crippen molar-refractivity contribution in [2.24, 2.45) is 0 Å². The Bertz CT molecular complexity index is 684. The van der Waals surface area contributed by atoms with Gasteiger partial charge in [-0.25, -0.2) is 4.79 Å². The number of fused-ring (bicyclic) bond motifs is 1. The van der Waals surface area contributed by atoms with Crippen LogP contribution in [0.15, 0.2) is 24.3 Å². The summed E-state index contributed by atoms with van der Waals surface area (Å²) in [6.07, 6.45) is 0. The highest BCUT2D eigenvalue weighted by Gasteiger charge is 2.11. The van der Waals surface area contributed by atoms with Crippen molar-refractivity contribution in [2.45, 2.75) is 13.0 Å². The number of ether oxygens (including phenoxy) is 2. The molecule has 0 unspecified atom stereocenters. The minimum atomic E-state index is -0.318. The van der Waals surface area contributed by atoms with Crippen LogP contribution in [0.2, 0.25) is 0 Å². The number of thiocarbonyl (C=S) groups is 1. The Morgan fingerprint density at radius 1 is 1.36 bits per heavy atom. The zero-order chi connectivity index (χ0) is 16.1. The lowest BCUT2D eigenvalue weighted by Crippen LogP contribution is -2.38. The van der Waals surface area contributed by atoms with Gasteiger partial charge in [-0.1, -0.05) is 0 Å². The first-order valence-electron chi connectivity index (χ1n) is 6.72. The topological polar surface area (TPSA) is 59.6 Å². The molecule has 7 heteroatoms. The summed E-state index contributed by atoms with van der Waals surface area (Å²) in [6.45, 7) is 2.57. The monoisotopic (exact) mass is 338 g/mol. The van der Waals surface area contributed by atoms with Crippen molar-refractivity contribution in [3.8, 4) is 0 Å². The molecule has 1 atom stereocenters. The summed E-state index contributed by atoms with van der Waals surface area (Å²) in [6, 6.07) is 7.78. The van der Waals surface area contributed by atoms with Crippen LogP contribution in [0.3, 0.4) is 0 Å². The van der Waals surface area contributed by atoms with E-state index in [2.05, 4.69) is 10.6 Å². The molecule has 1 aromatic heterocycles. The van der Waals surface area contributed by atoms with Gasteiger partial charge in [0.05, 0.1) is 13.7 Å². The normalized spacial score (nSPS) is 12.0. The number of hydrogen-bond donors (Lipinski definition) is 2. The van der Waals surface area contributed by atoms with Gasteiger partial charge in [-0.2, -0.15) is 0 Å². The van der Waals surface area contributed by atoms with Crippen LogP contribution in [0, 0.1) is 0 Å². The van der Waals surface area contributed by atoms with E-state index in [1.165, 1.54) is 18.4 Å². The van der Waals surface area contributed by atoms with Crippen molar-refractivity contribution in [3.05, 3.63) is 29.1 Å². The van der Waals surface area contributed by atoms with Gasteiger partial charge < -0.3 is 20.1 Å². The largest absolute Gasteiger partial charge is 0.465 e. The molecule has 0 saturated carbocycles. The van der Waals surface area contributed by atoms with Gasteiger partial charge in [0, 0.05) is 23.5 Å². The van der Waals surface area contributed by atoms with Crippen LogP contribution in [0.4, 0.5) is 5.69 Å². The number of esters is 1. The summed E-state index contributed by atoms with van der Waals surface area (Å²) in [4.78, 5) is 12.1. The van der Waals surface area contributed by atoms with Gasteiger partial charge in [0.2, 0.25) is 0 Å². The fourth-order valence-electron chi connectivity index (χ4n) is 2.00. The Labute approximate surface area is 138 Å². The molecule has 0 saturated heterocycles. The average Bonchev–Trinajstić information content (AvgIpc) is 2.89. The molecular formula is C15H18N2O3S2. The van der Waals surface area contributed by atoms with Crippen LogP contribution in [0.25, 0.3) is 10.1 Å². The molecule has 0 spiro atoms. The fourth-order valence-corrected chi connectivity index (χ4v) is 3.29. The predicted octanol–water partition coefficient (Wildman–Crippen LogP) is 3.01. The number of nitrogens with one attached hydrogen (secondary N) is 2. The molecule has 0 amide bonds. The van der Waals surface area contributed by atoms with E-state index in [1.807, 2.05) is 31.2 Å². The Morgan fingerprint density at radius 3 is 2.82 bits per heavy atom. The second-order valence-electron chi connectivity index (χ2n) is 4.81. The second kappa shape index (κ2) is 7.53. The van der Waals surface area contributed by atoms with E-state index in [0.29, 0.717) is 16.6 Å². The van der Waals surface area contributed by atoms with Gasteiger partial charge >= 0.3 is 5.97 Å². The SMILES string of the molecule is COC[C@H](C)NC(=S)Nc1ccc2sc(C(=O)OC)cc2c1. The number of hydrogen-bond acceptors (Lipinski definition) is 5. The number of carbonyl (C=O) groups excluding carboxylic acids is 1. The molecule has 2 rings (SSSR count). The standard InChI is InChI=1S/C15H18N2O3S2/c1-9(8-19-2)16-15(21)17-11-4-5-12-10(6-11)7-13(22-12)14(18)20-3/h4-7,9H,8H2,1-3H3,(H2,16,17,21)/t9-/m0/s1. The molecule has 118 valence electrons. The van der Waals surface area contributed by atoms with Crippen LogP contribution in [-0.4, -0.2) is 38.0 Å². The maximum atomic E-state index is 11.6. The number of carbonyl (C=O) groups is 1. The lowest BCUT2D eigenvalue weighted by atomic mass is 10.2. The van der Waals surface area contributed by atoms with Gasteiger partial charge in [-0.05, 0) is 48.8 Å². The molecule has 0 aliphatic heterocycles. The first-order valence-corrected chi connectivity index (χ1v) is 7.94. The van der Waals surface area contributed by atoms with Crippen molar-refractivity contribution >= 4 is 50.4 Å². The Hall–Kier alpha value is -1.70. The third-order valence-corrected chi connectivity index (χ3v) is 4.27. The highest BCUT2D eigenvalue weighted by molar-refractivity contribution is 7.80. The minimum Gasteiger partial charge on any atom is -0.465 e. The number of thiophene rings is 1. The highest BCUT2D eigenvalue weighted by atomic mass is 32.1. The number of benzene rings is 1. The molecule has 22 heavy (non-hydrogen) atoms. The first-order chi connectivity index (χ1) is 10.5. The zero-order valence-corrected chi connectivity index (χ0v) is 14.3. The number of methoxy groups -OCH3 is 2. The van der Waals surface area contributed by atoms with Crippen LogP contribution >= 0.6 is 23.6 Å². The average molecular weight is 338 g/mol. The third-order valence-electron chi connectivity index (χ3n) is 2.95. The van der Waals surface area contributed by atoms with Crippen LogP contribution in [0.1, 0.15) is 16.6 Å². The van der Waals surface area contributed by atoms with E-state index in [4.69, 9.17) is 21.7 Å². The van der Waals surface area contributed by atoms with Gasteiger partial charge in [0.25, 0.3) is 0 Å². The van der Waals surface area contributed by atoms with Crippen molar-refractivity contribution in [2.75, 3.05) is 26.1 Å². The smallest absolute Gasteiger partial charge is 0.348 e. The minimum absolute atomic E-state index is 0.126. The lowest BCUT2D eigenvalue weighted by molar-refractivity contribution is 0.0606. The van der Waals surface area contributed by atoms with Crippen molar-refractivity contribution in [3.63, 3.8) is 0 Å². The number of rotatable bonds is 5. The van der Waals surface area contributed by atoms with Crippen LogP contribution < -0.4 is 10.6 Å². The van der Waals surface area contributed by atoms with Gasteiger partial charge in [0.1, 0.15) is 4.88 Å². The van der Waals surface area contributed by atoms with E-state index >= 15 is 0 Å². The third kappa shape index (κ3) is 4.16. The summed E-state index contributed by atoms with van der Waals surface area (Å²) >= 11 is 6.67. The van der Waals surface area contributed by atoms with Gasteiger partial charge in [-0.15, -0.1) is 11.3 Å². The molecule has 0 fully saturated rings. The van der Waals surface area contributed by atoms with E-state index < -0.39 is 0 Å². The van der Waals surface area contributed by atoms with Crippen molar-refractivity contribution in [1.82, 2.24) is 5.32 Å². The molecule has 2 aromatic rings. The van der Waals surface area contributed by atoms with Crippen LogP contribution in [-0.2, 0) is 9.47 Å². The van der Waals surface area contributed by atoms with Gasteiger partial charge in [0.15, 0.2) is 5.11 Å². The molecule has 0 radical (unpaired) electrons. The molecule has 0 aliphatic carbocycles. The first kappa shape index (κ1) is 16.7. The molecule has 1 aromatic carbocycles. The van der Waals surface area contributed by atoms with Crippen molar-refractivity contribution in [1.29, 1.82) is 0 Å².